The molecule has 2 rings (SSSR count). The lowest BCUT2D eigenvalue weighted by atomic mass is 10.1. The van der Waals surface area contributed by atoms with Crippen molar-refractivity contribution in [2.45, 2.75) is 44.9 Å². The average molecular weight is 493 g/mol. The molecule has 4 N–H and O–H groups in total. The summed E-state index contributed by atoms with van der Waals surface area (Å²) < 4.78 is 0. The zero-order valence-corrected chi connectivity index (χ0v) is 19.5. The second kappa shape index (κ2) is 14.1. The third-order valence-corrected chi connectivity index (χ3v) is 5.08. The number of rotatable bonds is 10. The minimum atomic E-state index is -0.437. The maximum absolute atomic E-state index is 11.9. The monoisotopic (exact) mass is 492 g/mol. The summed E-state index contributed by atoms with van der Waals surface area (Å²) in [4.78, 5) is 47.5. The lowest BCUT2D eigenvalue weighted by Crippen LogP contribution is -2.41. The fourth-order valence-electron chi connectivity index (χ4n) is 2.88. The van der Waals surface area contributed by atoms with Crippen molar-refractivity contribution in [1.82, 2.24) is 21.7 Å². The minimum absolute atomic E-state index is 0.278. The topological polar surface area (TPSA) is 116 Å². The number of benzene rings is 2. The largest absolute Gasteiger partial charge is 0.273 e. The molecule has 0 atom stereocenters. The van der Waals surface area contributed by atoms with Gasteiger partial charge in [-0.15, -0.1) is 0 Å². The van der Waals surface area contributed by atoms with Crippen molar-refractivity contribution in [3.8, 4) is 0 Å². The van der Waals surface area contributed by atoms with Crippen molar-refractivity contribution in [2.24, 2.45) is 0 Å². The molecule has 2 aromatic carbocycles. The van der Waals surface area contributed by atoms with Gasteiger partial charge in [-0.05, 0) is 49.2 Å². The number of hydrazine groups is 2. The summed E-state index contributed by atoms with van der Waals surface area (Å²) in [7, 11) is 0. The Labute approximate surface area is 202 Å². The highest BCUT2D eigenvalue weighted by molar-refractivity contribution is 6.31. The molecule has 33 heavy (non-hydrogen) atoms. The standard InChI is InChI=1S/C23H26Cl2N4O4/c24-18-10-6-8-16(14-18)22(32)28-26-20(30)12-4-2-1-3-5-13-21(31)27-29-23(33)17-9-7-11-19(25)15-17/h6-11,14-15H,1-5,12-13H2,(H,26,30)(H,27,31)(H,28,32)(H,29,33). The Morgan fingerprint density at radius 2 is 0.970 bits per heavy atom. The molecular weight excluding hydrogens is 467 g/mol. The minimum Gasteiger partial charge on any atom is -0.273 e. The summed E-state index contributed by atoms with van der Waals surface area (Å²) in [6, 6.07) is 12.8. The Morgan fingerprint density at radius 1 is 0.576 bits per heavy atom. The molecule has 0 unspecified atom stereocenters. The van der Waals surface area contributed by atoms with Gasteiger partial charge in [-0.25, -0.2) is 0 Å². The zero-order valence-electron chi connectivity index (χ0n) is 18.0. The Hall–Kier alpha value is -3.10. The molecule has 0 aromatic heterocycles. The Kier molecular flexibility index (Phi) is 11.2. The summed E-state index contributed by atoms with van der Waals surface area (Å²) in [5.41, 5.74) is 10.2. The van der Waals surface area contributed by atoms with Crippen LogP contribution in [0.25, 0.3) is 0 Å². The molecule has 0 aliphatic carbocycles. The predicted octanol–water partition coefficient (Wildman–Crippen LogP) is 3.95. The van der Waals surface area contributed by atoms with Crippen molar-refractivity contribution >= 4 is 46.8 Å². The average Bonchev–Trinajstić information content (AvgIpc) is 2.80. The lowest BCUT2D eigenvalue weighted by Gasteiger charge is -2.08. The Morgan fingerprint density at radius 3 is 1.36 bits per heavy atom. The van der Waals surface area contributed by atoms with Gasteiger partial charge in [-0.2, -0.15) is 0 Å². The number of carbonyl (C=O) groups excluding carboxylic acids is 4. The van der Waals surface area contributed by atoms with Gasteiger partial charge in [-0.1, -0.05) is 54.6 Å². The van der Waals surface area contributed by atoms with Gasteiger partial charge in [0.05, 0.1) is 0 Å². The van der Waals surface area contributed by atoms with Gasteiger partial charge in [0.15, 0.2) is 0 Å². The molecule has 0 saturated heterocycles. The maximum atomic E-state index is 11.9. The van der Waals surface area contributed by atoms with Gasteiger partial charge in [-0.3, -0.25) is 40.9 Å². The van der Waals surface area contributed by atoms with Crippen LogP contribution in [-0.4, -0.2) is 23.6 Å². The highest BCUT2D eigenvalue weighted by atomic mass is 35.5. The van der Waals surface area contributed by atoms with Gasteiger partial charge >= 0.3 is 0 Å². The molecule has 0 radical (unpaired) electrons. The predicted molar refractivity (Wildman–Crippen MR) is 126 cm³/mol. The van der Waals surface area contributed by atoms with Crippen LogP contribution >= 0.6 is 23.2 Å². The van der Waals surface area contributed by atoms with Crippen molar-refractivity contribution in [2.75, 3.05) is 0 Å². The molecule has 0 fully saturated rings. The quantitative estimate of drug-likeness (QED) is 0.296. The van der Waals surface area contributed by atoms with Gasteiger partial charge in [0.1, 0.15) is 0 Å². The van der Waals surface area contributed by atoms with E-state index < -0.39 is 11.8 Å². The zero-order chi connectivity index (χ0) is 24.1. The first kappa shape index (κ1) is 26.2. The molecular formula is C23H26Cl2N4O4. The van der Waals surface area contributed by atoms with Crippen molar-refractivity contribution in [3.05, 3.63) is 69.7 Å². The van der Waals surface area contributed by atoms with Crippen LogP contribution in [-0.2, 0) is 9.59 Å². The normalized spacial score (nSPS) is 10.2. The van der Waals surface area contributed by atoms with Gasteiger partial charge in [0.2, 0.25) is 11.8 Å². The summed E-state index contributed by atoms with van der Waals surface area (Å²) in [6.45, 7) is 0. The summed E-state index contributed by atoms with van der Waals surface area (Å²) in [6.07, 6.45) is 4.41. The fraction of sp³-hybridized carbons (Fsp3) is 0.304. The van der Waals surface area contributed by atoms with E-state index in [2.05, 4.69) is 21.7 Å². The molecule has 0 spiro atoms. The van der Waals surface area contributed by atoms with E-state index in [9.17, 15) is 19.2 Å². The molecule has 8 nitrogen and oxygen atoms in total. The molecule has 4 amide bonds. The first-order chi connectivity index (χ1) is 15.8. The number of nitrogens with one attached hydrogen (secondary N) is 4. The smallest absolute Gasteiger partial charge is 0.269 e. The van der Waals surface area contributed by atoms with Gasteiger partial charge in [0, 0.05) is 34.0 Å². The van der Waals surface area contributed by atoms with E-state index in [-0.39, 0.29) is 24.7 Å². The molecule has 0 heterocycles. The molecule has 0 bridgehead atoms. The van der Waals surface area contributed by atoms with Crippen molar-refractivity contribution in [1.29, 1.82) is 0 Å². The highest BCUT2D eigenvalue weighted by Gasteiger charge is 2.09. The molecule has 2 aromatic rings. The lowest BCUT2D eigenvalue weighted by molar-refractivity contribution is -0.122. The van der Waals surface area contributed by atoms with E-state index in [1.54, 1.807) is 36.4 Å². The molecule has 176 valence electrons. The van der Waals surface area contributed by atoms with Crippen LogP contribution < -0.4 is 21.7 Å². The fourth-order valence-corrected chi connectivity index (χ4v) is 3.26. The van der Waals surface area contributed by atoms with Crippen LogP contribution in [0.4, 0.5) is 0 Å². The van der Waals surface area contributed by atoms with Crippen LogP contribution in [0.15, 0.2) is 48.5 Å². The summed E-state index contributed by atoms with van der Waals surface area (Å²) >= 11 is 11.7. The van der Waals surface area contributed by atoms with E-state index in [1.807, 2.05) is 0 Å². The second-order valence-corrected chi connectivity index (χ2v) is 8.17. The SMILES string of the molecule is O=C(CCCCCCCC(=O)NNC(=O)c1cccc(Cl)c1)NNC(=O)c1cccc(Cl)c1. The molecule has 0 aliphatic rings. The van der Waals surface area contributed by atoms with Crippen molar-refractivity contribution < 1.29 is 19.2 Å². The number of carbonyl (C=O) groups is 4. The van der Waals surface area contributed by atoms with E-state index in [0.717, 1.165) is 19.3 Å². The first-order valence-corrected chi connectivity index (χ1v) is 11.3. The summed E-state index contributed by atoms with van der Waals surface area (Å²) in [5, 5.41) is 0.877. The van der Waals surface area contributed by atoms with E-state index in [4.69, 9.17) is 23.2 Å². The number of unbranched alkanes of at least 4 members (excludes halogenated alkanes) is 4. The van der Waals surface area contributed by atoms with E-state index >= 15 is 0 Å². The van der Waals surface area contributed by atoms with E-state index in [0.29, 0.717) is 34.0 Å². The van der Waals surface area contributed by atoms with Crippen LogP contribution in [0.2, 0.25) is 10.0 Å². The van der Waals surface area contributed by atoms with E-state index in [1.165, 1.54) is 12.1 Å². The van der Waals surface area contributed by atoms with Gasteiger partial charge in [0.25, 0.3) is 11.8 Å². The van der Waals surface area contributed by atoms with Gasteiger partial charge < -0.3 is 0 Å². The summed E-state index contributed by atoms with van der Waals surface area (Å²) in [5.74, 6) is -1.43. The van der Waals surface area contributed by atoms with Crippen LogP contribution in [0.1, 0.15) is 65.7 Å². The van der Waals surface area contributed by atoms with Crippen LogP contribution in [0.3, 0.4) is 0 Å². The molecule has 0 aliphatic heterocycles. The third kappa shape index (κ3) is 10.4. The Balaban J connectivity index is 1.48. The number of amides is 4. The third-order valence-electron chi connectivity index (χ3n) is 4.61. The van der Waals surface area contributed by atoms with Crippen LogP contribution in [0, 0.1) is 0 Å². The highest BCUT2D eigenvalue weighted by Crippen LogP contribution is 2.11. The van der Waals surface area contributed by atoms with Crippen LogP contribution in [0.5, 0.6) is 0 Å². The molecule has 10 heteroatoms. The first-order valence-electron chi connectivity index (χ1n) is 10.5. The maximum Gasteiger partial charge on any atom is 0.269 e. The number of hydrogen-bond donors (Lipinski definition) is 4. The number of halogens is 2. The van der Waals surface area contributed by atoms with Crippen molar-refractivity contribution in [3.63, 3.8) is 0 Å². The molecule has 0 saturated carbocycles. The Bertz CT molecular complexity index is 907. The second-order valence-electron chi connectivity index (χ2n) is 7.29. The number of hydrogen-bond acceptors (Lipinski definition) is 4.